The topological polar surface area (TPSA) is 69.7 Å². The number of urea groups is 1. The van der Waals surface area contributed by atoms with Gasteiger partial charge in [-0.15, -0.1) is 0 Å². The summed E-state index contributed by atoms with van der Waals surface area (Å²) in [5.74, 6) is -0.808. The van der Waals surface area contributed by atoms with Crippen LogP contribution in [0, 0.1) is 0 Å². The van der Waals surface area contributed by atoms with Crippen LogP contribution in [0.2, 0.25) is 10.0 Å². The lowest BCUT2D eigenvalue weighted by Crippen LogP contribution is -2.49. The van der Waals surface area contributed by atoms with E-state index in [1.54, 1.807) is 24.0 Å². The van der Waals surface area contributed by atoms with Crippen molar-refractivity contribution in [1.29, 1.82) is 0 Å². The minimum atomic E-state index is -1.35. The van der Waals surface area contributed by atoms with Crippen molar-refractivity contribution in [3.8, 4) is 0 Å². The van der Waals surface area contributed by atoms with Crippen LogP contribution >= 0.6 is 23.2 Å². The Balaban J connectivity index is 2.30. The molecular formula is C18H23Cl2N3O3. The molecule has 1 fully saturated rings. The Morgan fingerprint density at radius 1 is 1.19 bits per heavy atom. The van der Waals surface area contributed by atoms with Gasteiger partial charge in [0.1, 0.15) is 12.1 Å². The standard InChI is InChI=1S/C18H23Cl2N3O3/c1-10(2)23(11(3)4)15(24)9-22-16(25)18(5,21-17(22)26)13-7-6-12(19)8-14(13)20/h6-8,10-11H,9H2,1-5H3,(H,21,26). The fourth-order valence-electron chi connectivity index (χ4n) is 3.31. The normalized spacial score (nSPS) is 20.1. The number of benzene rings is 1. The highest BCUT2D eigenvalue weighted by Crippen LogP contribution is 2.35. The molecule has 1 aromatic carbocycles. The van der Waals surface area contributed by atoms with Gasteiger partial charge < -0.3 is 10.2 Å². The van der Waals surface area contributed by atoms with Gasteiger partial charge in [-0.2, -0.15) is 0 Å². The maximum atomic E-state index is 13.0. The van der Waals surface area contributed by atoms with E-state index in [0.29, 0.717) is 10.6 Å². The van der Waals surface area contributed by atoms with Gasteiger partial charge in [-0.1, -0.05) is 29.3 Å². The summed E-state index contributed by atoms with van der Waals surface area (Å²) in [6, 6.07) is 4.00. The molecule has 26 heavy (non-hydrogen) atoms. The molecule has 0 radical (unpaired) electrons. The number of carbonyl (C=O) groups excluding carboxylic acids is 3. The number of imide groups is 1. The van der Waals surface area contributed by atoms with Crippen LogP contribution in [0.5, 0.6) is 0 Å². The molecule has 8 heteroatoms. The number of nitrogens with zero attached hydrogens (tertiary/aromatic N) is 2. The molecule has 1 aliphatic rings. The Hall–Kier alpha value is -1.79. The number of carbonyl (C=O) groups is 3. The van der Waals surface area contributed by atoms with Gasteiger partial charge in [0.2, 0.25) is 5.91 Å². The second-order valence-corrected chi connectivity index (χ2v) is 7.90. The van der Waals surface area contributed by atoms with E-state index in [2.05, 4.69) is 5.32 Å². The average Bonchev–Trinajstić information content (AvgIpc) is 2.70. The van der Waals surface area contributed by atoms with Crippen LogP contribution in [0.3, 0.4) is 0 Å². The van der Waals surface area contributed by atoms with E-state index >= 15 is 0 Å². The summed E-state index contributed by atoms with van der Waals surface area (Å²) in [5, 5.41) is 3.35. The third kappa shape index (κ3) is 3.67. The molecule has 1 N–H and O–H groups in total. The third-order valence-corrected chi connectivity index (χ3v) is 4.99. The largest absolute Gasteiger partial charge is 0.336 e. The van der Waals surface area contributed by atoms with E-state index in [1.807, 2.05) is 27.7 Å². The zero-order chi connectivity index (χ0) is 19.8. The zero-order valence-electron chi connectivity index (χ0n) is 15.5. The molecule has 0 spiro atoms. The Bertz CT molecular complexity index is 743. The van der Waals surface area contributed by atoms with Crippen molar-refractivity contribution < 1.29 is 14.4 Å². The summed E-state index contributed by atoms with van der Waals surface area (Å²) < 4.78 is 0. The highest BCUT2D eigenvalue weighted by atomic mass is 35.5. The second kappa shape index (κ2) is 7.45. The van der Waals surface area contributed by atoms with Crippen molar-refractivity contribution in [2.24, 2.45) is 0 Å². The maximum Gasteiger partial charge on any atom is 0.325 e. The van der Waals surface area contributed by atoms with Gasteiger partial charge in [0.05, 0.1) is 0 Å². The number of hydrogen-bond acceptors (Lipinski definition) is 3. The molecule has 1 unspecified atom stereocenters. The van der Waals surface area contributed by atoms with Crippen molar-refractivity contribution in [3.63, 3.8) is 0 Å². The predicted octanol–water partition coefficient (Wildman–Crippen LogP) is 3.41. The van der Waals surface area contributed by atoms with E-state index in [-0.39, 0.29) is 29.6 Å². The second-order valence-electron chi connectivity index (χ2n) is 7.06. The van der Waals surface area contributed by atoms with Gasteiger partial charge in [0, 0.05) is 27.7 Å². The molecule has 6 nitrogen and oxygen atoms in total. The number of rotatable bonds is 5. The Morgan fingerprint density at radius 3 is 2.27 bits per heavy atom. The van der Waals surface area contributed by atoms with Gasteiger partial charge in [0.25, 0.3) is 5.91 Å². The van der Waals surface area contributed by atoms with E-state index in [1.165, 1.54) is 6.07 Å². The first-order chi connectivity index (χ1) is 12.0. The molecule has 0 saturated carbocycles. The molecule has 1 atom stereocenters. The summed E-state index contributed by atoms with van der Waals surface area (Å²) in [5.41, 5.74) is -0.916. The number of nitrogens with one attached hydrogen (secondary N) is 1. The average molecular weight is 400 g/mol. The minimum Gasteiger partial charge on any atom is -0.336 e. The van der Waals surface area contributed by atoms with Crippen LogP contribution < -0.4 is 5.32 Å². The van der Waals surface area contributed by atoms with Crippen LogP contribution in [-0.2, 0) is 15.1 Å². The van der Waals surface area contributed by atoms with Gasteiger partial charge in [-0.25, -0.2) is 4.79 Å². The van der Waals surface area contributed by atoms with E-state index < -0.39 is 17.5 Å². The van der Waals surface area contributed by atoms with Crippen molar-refractivity contribution in [3.05, 3.63) is 33.8 Å². The molecule has 1 heterocycles. The molecule has 1 aromatic rings. The molecule has 1 saturated heterocycles. The van der Waals surface area contributed by atoms with Crippen molar-refractivity contribution in [2.75, 3.05) is 6.54 Å². The zero-order valence-corrected chi connectivity index (χ0v) is 17.0. The lowest BCUT2D eigenvalue weighted by atomic mass is 9.92. The summed E-state index contributed by atoms with van der Waals surface area (Å²) in [7, 11) is 0. The van der Waals surface area contributed by atoms with Crippen molar-refractivity contribution >= 4 is 41.0 Å². The molecule has 142 valence electrons. The van der Waals surface area contributed by atoms with Gasteiger partial charge in [-0.05, 0) is 46.8 Å². The maximum absolute atomic E-state index is 13.0. The lowest BCUT2D eigenvalue weighted by molar-refractivity contribution is -0.141. The Labute approximate surface area is 163 Å². The first kappa shape index (κ1) is 20.5. The number of amides is 4. The van der Waals surface area contributed by atoms with Crippen LogP contribution in [-0.4, -0.2) is 46.3 Å². The molecule has 1 aliphatic heterocycles. The monoisotopic (exact) mass is 399 g/mol. The van der Waals surface area contributed by atoms with Gasteiger partial charge in [-0.3, -0.25) is 14.5 Å². The minimum absolute atomic E-state index is 0.0413. The van der Waals surface area contributed by atoms with Gasteiger partial charge in [0.15, 0.2) is 0 Å². The highest BCUT2D eigenvalue weighted by molar-refractivity contribution is 6.35. The van der Waals surface area contributed by atoms with Crippen LogP contribution in [0.1, 0.15) is 40.2 Å². The molecule has 2 rings (SSSR count). The van der Waals surface area contributed by atoms with Gasteiger partial charge >= 0.3 is 6.03 Å². The smallest absolute Gasteiger partial charge is 0.325 e. The predicted molar refractivity (Wildman–Crippen MR) is 101 cm³/mol. The first-order valence-electron chi connectivity index (χ1n) is 8.39. The molecule has 0 bridgehead atoms. The Kier molecular flexibility index (Phi) is 5.88. The molecular weight excluding hydrogens is 377 g/mol. The van der Waals surface area contributed by atoms with Crippen LogP contribution in [0.25, 0.3) is 0 Å². The fraction of sp³-hybridized carbons (Fsp3) is 0.500. The number of hydrogen-bond donors (Lipinski definition) is 1. The van der Waals surface area contributed by atoms with Crippen LogP contribution in [0.15, 0.2) is 18.2 Å². The molecule has 4 amide bonds. The third-order valence-electron chi connectivity index (χ3n) is 4.44. The lowest BCUT2D eigenvalue weighted by Gasteiger charge is -2.32. The van der Waals surface area contributed by atoms with Crippen molar-refractivity contribution in [1.82, 2.24) is 15.1 Å². The van der Waals surface area contributed by atoms with E-state index in [9.17, 15) is 14.4 Å². The summed E-state index contributed by atoms with van der Waals surface area (Å²) in [6.45, 7) is 8.81. The highest BCUT2D eigenvalue weighted by Gasteiger charge is 2.50. The SMILES string of the molecule is CC(C)N(C(=O)CN1C(=O)NC(C)(c2ccc(Cl)cc2Cl)C1=O)C(C)C. The number of halogens is 2. The summed E-state index contributed by atoms with van der Waals surface area (Å²) in [6.07, 6.45) is 0. The molecule has 0 aliphatic carbocycles. The van der Waals surface area contributed by atoms with Crippen LogP contribution in [0.4, 0.5) is 4.79 Å². The van der Waals surface area contributed by atoms with Crippen molar-refractivity contribution in [2.45, 2.75) is 52.2 Å². The fourth-order valence-corrected chi connectivity index (χ4v) is 3.90. The summed E-state index contributed by atoms with van der Waals surface area (Å²) in [4.78, 5) is 40.6. The quantitative estimate of drug-likeness (QED) is 0.771. The summed E-state index contributed by atoms with van der Waals surface area (Å²) >= 11 is 12.1. The van der Waals surface area contributed by atoms with E-state index in [0.717, 1.165) is 4.90 Å². The Morgan fingerprint density at radius 2 is 1.77 bits per heavy atom. The first-order valence-corrected chi connectivity index (χ1v) is 9.15. The van der Waals surface area contributed by atoms with E-state index in [4.69, 9.17) is 23.2 Å². The molecule has 0 aromatic heterocycles.